The van der Waals surface area contributed by atoms with Crippen molar-refractivity contribution in [3.8, 4) is 0 Å². The van der Waals surface area contributed by atoms with Gasteiger partial charge in [0, 0.05) is 6.42 Å². The lowest BCUT2D eigenvalue weighted by Crippen LogP contribution is -2.61. The fraction of sp³-hybridized carbons (Fsp3) is 0.821. The van der Waals surface area contributed by atoms with Crippen LogP contribution >= 0.6 is 0 Å². The summed E-state index contributed by atoms with van der Waals surface area (Å²) in [6, 6.07) is -1.03. The van der Waals surface area contributed by atoms with Crippen molar-refractivity contribution in [1.82, 2.24) is 5.32 Å². The van der Waals surface area contributed by atoms with Crippen molar-refractivity contribution in [3.63, 3.8) is 0 Å². The Balaban J connectivity index is 2.56. The number of carbonyl (C=O) groups excluding carboxylic acids is 2. The van der Waals surface area contributed by atoms with Crippen LogP contribution in [0.25, 0.3) is 0 Å². The number of carbonyl (C=O) groups is 2. The molecule has 0 radical (unpaired) electrons. The van der Waals surface area contributed by atoms with Crippen LogP contribution in [0, 0.1) is 0 Å². The van der Waals surface area contributed by atoms with Gasteiger partial charge in [-0.1, -0.05) is 318 Å². The quantitative estimate of drug-likeness (QED) is 0.0195. The zero-order valence-electron chi connectivity index (χ0n) is 57.8. The molecule has 0 aromatic carbocycles. The summed E-state index contributed by atoms with van der Waals surface area (Å²) in [7, 11) is 0. The van der Waals surface area contributed by atoms with Gasteiger partial charge in [-0.3, -0.25) is 9.59 Å². The Morgan fingerprint density at radius 2 is 0.775 bits per heavy atom. The van der Waals surface area contributed by atoms with E-state index >= 15 is 0 Å². The largest absolute Gasteiger partial charge is 0.454 e. The maximum atomic E-state index is 13.5. The second-order valence-electron chi connectivity index (χ2n) is 26.0. The van der Waals surface area contributed by atoms with Gasteiger partial charge in [-0.25, -0.2) is 0 Å². The Hall–Kier alpha value is -2.90. The number of nitrogens with one attached hydrogen (secondary N) is 1. The van der Waals surface area contributed by atoms with Gasteiger partial charge in [0.05, 0.1) is 25.4 Å². The van der Waals surface area contributed by atoms with Crippen LogP contribution < -0.4 is 5.32 Å². The molecule has 1 heterocycles. The molecule has 1 amide bonds. The third kappa shape index (κ3) is 52.2. The van der Waals surface area contributed by atoms with Gasteiger partial charge in [0.15, 0.2) is 12.4 Å². The van der Waals surface area contributed by atoms with Crippen LogP contribution in [-0.2, 0) is 23.8 Å². The highest BCUT2D eigenvalue weighted by Gasteiger charge is 2.47. The summed E-state index contributed by atoms with van der Waals surface area (Å²) in [6.45, 7) is 5.80. The van der Waals surface area contributed by atoms with Crippen LogP contribution in [0.3, 0.4) is 0 Å². The highest BCUT2D eigenvalue weighted by molar-refractivity contribution is 5.80. The third-order valence-electron chi connectivity index (χ3n) is 17.6. The molecule has 8 unspecified atom stereocenters. The van der Waals surface area contributed by atoms with Gasteiger partial charge in [-0.2, -0.15) is 0 Å². The summed E-state index contributed by atoms with van der Waals surface area (Å²) < 4.78 is 17.7. The second-order valence-corrected chi connectivity index (χ2v) is 26.0. The van der Waals surface area contributed by atoms with E-state index in [1.807, 2.05) is 6.08 Å². The normalized spacial score (nSPS) is 18.5. The number of hydrogen-bond donors (Lipinski definition) is 6. The minimum atomic E-state index is -1.62. The third-order valence-corrected chi connectivity index (χ3v) is 17.6. The average Bonchev–Trinajstić information content (AvgIpc) is 3.11. The van der Waals surface area contributed by atoms with Crippen LogP contribution in [0.5, 0.6) is 0 Å². The average molecular weight is 1250 g/mol. The molecule has 89 heavy (non-hydrogen) atoms. The molecule has 8 atom stereocenters. The van der Waals surface area contributed by atoms with Crippen molar-refractivity contribution < 1.29 is 49.3 Å². The number of rotatable bonds is 65. The van der Waals surface area contributed by atoms with Crippen molar-refractivity contribution in [1.29, 1.82) is 0 Å². The Kier molecular flexibility index (Phi) is 61.6. The fourth-order valence-electron chi connectivity index (χ4n) is 11.6. The number of aliphatic hydroxyl groups is 5. The highest BCUT2D eigenvalue weighted by Crippen LogP contribution is 2.26. The van der Waals surface area contributed by atoms with E-state index in [0.29, 0.717) is 12.8 Å². The number of esters is 1. The molecular formula is C78H141NO10. The molecule has 0 bridgehead atoms. The van der Waals surface area contributed by atoms with Gasteiger partial charge >= 0.3 is 5.97 Å². The van der Waals surface area contributed by atoms with E-state index in [4.69, 9.17) is 14.2 Å². The summed E-state index contributed by atoms with van der Waals surface area (Å²) >= 11 is 0. The van der Waals surface area contributed by atoms with Gasteiger partial charge < -0.3 is 45.1 Å². The van der Waals surface area contributed by atoms with Crippen molar-refractivity contribution in [2.45, 2.75) is 397 Å². The Morgan fingerprint density at radius 3 is 1.19 bits per heavy atom. The number of hydrogen-bond acceptors (Lipinski definition) is 10. The SMILES string of the molecule is CCCCC/C=C\C/C=C\C/C=C\C/C=C\CCCCCCCCC(O)C(=O)NC(COC1OC(CO)C(O)C(O)C1OC(=O)CCCCCCCCCCCCCCCCC/C=C/CCCCCCCC)C(O)/C=C/CCCCCCCCCCCCC. The van der Waals surface area contributed by atoms with Crippen LogP contribution in [0.15, 0.2) is 72.9 Å². The lowest BCUT2D eigenvalue weighted by Gasteiger charge is -2.41. The molecule has 0 saturated carbocycles. The molecule has 1 fully saturated rings. The van der Waals surface area contributed by atoms with E-state index in [-0.39, 0.29) is 19.4 Å². The van der Waals surface area contributed by atoms with Gasteiger partial charge in [0.2, 0.25) is 5.91 Å². The van der Waals surface area contributed by atoms with Gasteiger partial charge in [-0.05, 0) is 96.3 Å². The van der Waals surface area contributed by atoms with E-state index in [0.717, 1.165) is 96.3 Å². The maximum Gasteiger partial charge on any atom is 0.306 e. The monoisotopic (exact) mass is 1250 g/mol. The predicted octanol–water partition coefficient (Wildman–Crippen LogP) is 19.9. The zero-order valence-corrected chi connectivity index (χ0v) is 57.8. The molecule has 0 aliphatic carbocycles. The maximum absolute atomic E-state index is 13.5. The topological polar surface area (TPSA) is 175 Å². The van der Waals surface area contributed by atoms with E-state index in [1.165, 1.54) is 205 Å². The molecule has 1 aliphatic rings. The molecule has 0 aromatic heterocycles. The molecule has 6 N–H and O–H groups in total. The number of amides is 1. The van der Waals surface area contributed by atoms with Crippen LogP contribution in [-0.4, -0.2) is 99.6 Å². The standard InChI is InChI=1S/C78H141NO10/c1-4-7-10-13-16-19-22-25-27-29-31-33-35-36-37-39-41-43-45-48-51-54-57-60-63-66-73(83)89-76-75(85)74(84)72(67-80)88-78(76)87-68-69(70(81)64-61-58-55-52-49-46-24-21-18-15-12-9-6-3)79-77(86)71(82)65-62-59-56-53-50-47-44-42-40-38-34-32-30-28-26-23-20-17-14-11-8-5-2/h17,20,25-28,32,34,40,42,61,64,69-72,74-76,78,80-82,84-85H,4-16,18-19,21-24,29-31,33,35-39,41,43-60,62-63,65-68H2,1-3H3,(H,79,86)/b20-17-,27-25+,28-26-,34-32-,42-40-,64-61+. The molecule has 11 heteroatoms. The molecule has 0 spiro atoms. The Morgan fingerprint density at radius 1 is 0.438 bits per heavy atom. The molecule has 1 aliphatic heterocycles. The first-order valence-electron chi connectivity index (χ1n) is 37.7. The van der Waals surface area contributed by atoms with Crippen molar-refractivity contribution >= 4 is 11.9 Å². The van der Waals surface area contributed by atoms with Crippen molar-refractivity contribution in [2.24, 2.45) is 0 Å². The van der Waals surface area contributed by atoms with Gasteiger partial charge in [0.25, 0.3) is 0 Å². The van der Waals surface area contributed by atoms with Crippen LogP contribution in [0.2, 0.25) is 0 Å². The fourth-order valence-corrected chi connectivity index (χ4v) is 11.6. The lowest BCUT2D eigenvalue weighted by atomic mass is 9.99. The number of ether oxygens (including phenoxy) is 3. The number of allylic oxidation sites excluding steroid dienone is 11. The predicted molar refractivity (Wildman–Crippen MR) is 375 cm³/mol. The van der Waals surface area contributed by atoms with Crippen LogP contribution in [0.4, 0.5) is 0 Å². The van der Waals surface area contributed by atoms with E-state index in [9.17, 15) is 35.1 Å². The Labute approximate surface area is 547 Å². The summed E-state index contributed by atoms with van der Waals surface area (Å²) in [6.07, 6.45) is 75.1. The minimum Gasteiger partial charge on any atom is -0.454 e. The van der Waals surface area contributed by atoms with E-state index < -0.39 is 67.4 Å². The lowest BCUT2D eigenvalue weighted by molar-refractivity contribution is -0.305. The first kappa shape index (κ1) is 84.1. The summed E-state index contributed by atoms with van der Waals surface area (Å²) in [5.41, 5.74) is 0. The number of unbranched alkanes of at least 4 members (excludes halogenated alkanes) is 41. The summed E-state index contributed by atoms with van der Waals surface area (Å²) in [5.74, 6) is -1.20. The van der Waals surface area contributed by atoms with Crippen LogP contribution in [0.1, 0.15) is 348 Å². The van der Waals surface area contributed by atoms with Gasteiger partial charge in [0.1, 0.15) is 24.4 Å². The molecule has 1 rings (SSSR count). The molecular weight excluding hydrogens is 1110 g/mol. The number of aliphatic hydroxyl groups excluding tert-OH is 5. The summed E-state index contributed by atoms with van der Waals surface area (Å²) in [4.78, 5) is 26.7. The molecule has 0 aromatic rings. The second kappa shape index (κ2) is 65.2. The molecule has 518 valence electrons. The van der Waals surface area contributed by atoms with Crippen molar-refractivity contribution in [3.05, 3.63) is 72.9 Å². The first-order valence-corrected chi connectivity index (χ1v) is 37.7. The van der Waals surface area contributed by atoms with Gasteiger partial charge in [-0.15, -0.1) is 0 Å². The van der Waals surface area contributed by atoms with E-state index in [2.05, 4.69) is 86.8 Å². The minimum absolute atomic E-state index is 0.123. The first-order chi connectivity index (χ1) is 43.7. The zero-order chi connectivity index (χ0) is 64.6. The molecule has 11 nitrogen and oxygen atoms in total. The summed E-state index contributed by atoms with van der Waals surface area (Å²) in [5, 5.41) is 57.4. The molecule has 1 saturated heterocycles. The Bertz CT molecular complexity index is 1730. The smallest absolute Gasteiger partial charge is 0.306 e. The van der Waals surface area contributed by atoms with Crippen molar-refractivity contribution in [2.75, 3.05) is 13.2 Å². The highest BCUT2D eigenvalue weighted by atomic mass is 16.7. The van der Waals surface area contributed by atoms with E-state index in [1.54, 1.807) is 6.08 Å².